The Morgan fingerprint density at radius 3 is 2.79 bits per heavy atom. The third-order valence-electron chi connectivity index (χ3n) is 4.63. The number of carbonyl (C=O) groups excluding carboxylic acids is 1. The van der Waals surface area contributed by atoms with Crippen LogP contribution in [0.1, 0.15) is 41.9 Å². The van der Waals surface area contributed by atoms with E-state index in [0.717, 1.165) is 37.6 Å². The van der Waals surface area contributed by atoms with Crippen LogP contribution in [0, 0.1) is 5.92 Å². The molecule has 1 aliphatic heterocycles. The zero-order valence-electron chi connectivity index (χ0n) is 13.8. The fourth-order valence-corrected chi connectivity index (χ4v) is 3.07. The molecule has 1 amide bonds. The molecule has 6 nitrogen and oxygen atoms in total. The Morgan fingerprint density at radius 1 is 1.38 bits per heavy atom. The molecule has 2 aromatic heterocycles. The van der Waals surface area contributed by atoms with Crippen LogP contribution >= 0.6 is 0 Å². The van der Waals surface area contributed by atoms with Crippen LogP contribution < -0.4 is 10.9 Å². The summed E-state index contributed by atoms with van der Waals surface area (Å²) in [6, 6.07) is 6.73. The molecule has 24 heavy (non-hydrogen) atoms. The normalized spacial score (nSPS) is 17.5. The topological polar surface area (TPSA) is 78.3 Å². The number of H-pyrrole nitrogens is 1. The van der Waals surface area contributed by atoms with E-state index in [9.17, 15) is 9.59 Å². The Kier molecular flexibility index (Phi) is 5.15. The van der Waals surface area contributed by atoms with E-state index in [1.807, 2.05) is 12.1 Å². The molecule has 1 aliphatic rings. The number of hydrogen-bond donors (Lipinski definition) is 2. The number of nitrogens with zero attached hydrogens (tertiary/aromatic N) is 1. The molecule has 0 aliphatic carbocycles. The number of hydrogen-bond acceptors (Lipinski definition) is 4. The summed E-state index contributed by atoms with van der Waals surface area (Å²) in [5, 5.41) is 2.95. The van der Waals surface area contributed by atoms with Crippen molar-refractivity contribution in [2.75, 3.05) is 19.6 Å². The average Bonchev–Trinajstić information content (AvgIpc) is 3.11. The van der Waals surface area contributed by atoms with E-state index in [-0.39, 0.29) is 17.5 Å². The molecule has 0 saturated carbocycles. The fraction of sp³-hybridized carbons (Fsp3) is 0.444. The molecule has 3 heterocycles. The van der Waals surface area contributed by atoms with Crippen molar-refractivity contribution in [3.05, 3.63) is 58.4 Å². The van der Waals surface area contributed by atoms with E-state index in [4.69, 9.17) is 4.42 Å². The summed E-state index contributed by atoms with van der Waals surface area (Å²) in [7, 11) is 0. The second-order valence-corrected chi connectivity index (χ2v) is 6.40. The van der Waals surface area contributed by atoms with Gasteiger partial charge in [0.15, 0.2) is 0 Å². The maximum absolute atomic E-state index is 12.3. The maximum atomic E-state index is 12.3. The standard InChI is InChI=1S/C18H23N3O3/c1-13-6-8-21(9-7-13)15(16-3-2-10-24-16)12-20-18(23)14-4-5-17(22)19-11-14/h2-5,10-11,13,15H,6-9,12H2,1H3,(H,19,22)(H,20,23). The second-order valence-electron chi connectivity index (χ2n) is 6.40. The zero-order chi connectivity index (χ0) is 16.9. The second kappa shape index (κ2) is 7.49. The number of piperidine rings is 1. The predicted molar refractivity (Wildman–Crippen MR) is 90.8 cm³/mol. The zero-order valence-corrected chi connectivity index (χ0v) is 13.8. The highest BCUT2D eigenvalue weighted by Crippen LogP contribution is 2.26. The highest BCUT2D eigenvalue weighted by molar-refractivity contribution is 5.93. The van der Waals surface area contributed by atoms with Gasteiger partial charge < -0.3 is 14.7 Å². The number of pyridine rings is 1. The summed E-state index contributed by atoms with van der Waals surface area (Å²) in [6.07, 6.45) is 5.41. The van der Waals surface area contributed by atoms with Crippen molar-refractivity contribution < 1.29 is 9.21 Å². The van der Waals surface area contributed by atoms with Crippen molar-refractivity contribution in [3.8, 4) is 0 Å². The minimum atomic E-state index is -0.220. The Hall–Kier alpha value is -2.34. The minimum Gasteiger partial charge on any atom is -0.468 e. The van der Waals surface area contributed by atoms with Crippen molar-refractivity contribution in [2.45, 2.75) is 25.8 Å². The van der Waals surface area contributed by atoms with Crippen LogP contribution in [0.15, 0.2) is 45.9 Å². The van der Waals surface area contributed by atoms with Crippen LogP contribution in [-0.4, -0.2) is 35.4 Å². The van der Waals surface area contributed by atoms with Gasteiger partial charge in [-0.1, -0.05) is 6.92 Å². The minimum absolute atomic E-state index is 0.0270. The number of aromatic amines is 1. The Balaban J connectivity index is 1.67. The molecule has 1 atom stereocenters. The summed E-state index contributed by atoms with van der Waals surface area (Å²) >= 11 is 0. The van der Waals surface area contributed by atoms with Gasteiger partial charge in [0.05, 0.1) is 17.9 Å². The van der Waals surface area contributed by atoms with E-state index < -0.39 is 0 Å². The molecular weight excluding hydrogens is 306 g/mol. The van der Waals surface area contributed by atoms with Crippen molar-refractivity contribution in [2.24, 2.45) is 5.92 Å². The Labute approximate surface area is 140 Å². The maximum Gasteiger partial charge on any atom is 0.252 e. The van der Waals surface area contributed by atoms with Gasteiger partial charge in [-0.05, 0) is 50.0 Å². The smallest absolute Gasteiger partial charge is 0.252 e. The van der Waals surface area contributed by atoms with Gasteiger partial charge in [-0.25, -0.2) is 0 Å². The number of aromatic nitrogens is 1. The van der Waals surface area contributed by atoms with E-state index in [1.165, 1.54) is 18.3 Å². The van der Waals surface area contributed by atoms with Gasteiger partial charge in [0.25, 0.3) is 5.91 Å². The lowest BCUT2D eigenvalue weighted by Crippen LogP contribution is -2.41. The number of rotatable bonds is 5. The van der Waals surface area contributed by atoms with Crippen LogP contribution in [-0.2, 0) is 0 Å². The summed E-state index contributed by atoms with van der Waals surface area (Å²) in [4.78, 5) is 28.3. The molecule has 2 N–H and O–H groups in total. The number of likely N-dealkylation sites (tertiary alicyclic amines) is 1. The number of nitrogens with one attached hydrogen (secondary N) is 2. The first-order valence-corrected chi connectivity index (χ1v) is 8.38. The van der Waals surface area contributed by atoms with Gasteiger partial charge >= 0.3 is 0 Å². The predicted octanol–water partition coefficient (Wildman–Crippen LogP) is 2.17. The molecule has 0 spiro atoms. The summed E-state index contributed by atoms with van der Waals surface area (Å²) in [6.45, 7) is 4.75. The van der Waals surface area contributed by atoms with Gasteiger partial charge in [-0.3, -0.25) is 14.5 Å². The number of furan rings is 1. The van der Waals surface area contributed by atoms with Gasteiger partial charge in [-0.2, -0.15) is 0 Å². The quantitative estimate of drug-likeness (QED) is 0.881. The summed E-state index contributed by atoms with van der Waals surface area (Å²) in [5.41, 5.74) is 0.225. The Bertz CT molecular complexity index is 695. The molecule has 1 fully saturated rings. The lowest BCUT2D eigenvalue weighted by molar-refractivity contribution is 0.0895. The van der Waals surface area contributed by atoms with Gasteiger partial charge in [-0.15, -0.1) is 0 Å². The first-order chi connectivity index (χ1) is 11.6. The molecule has 1 saturated heterocycles. The summed E-state index contributed by atoms with van der Waals surface area (Å²) < 4.78 is 5.59. The first-order valence-electron chi connectivity index (χ1n) is 8.38. The average molecular weight is 329 g/mol. The first kappa shape index (κ1) is 16.5. The van der Waals surface area contributed by atoms with E-state index >= 15 is 0 Å². The lowest BCUT2D eigenvalue weighted by Gasteiger charge is -2.35. The number of carbonyl (C=O) groups is 1. The third-order valence-corrected chi connectivity index (χ3v) is 4.63. The van der Waals surface area contributed by atoms with E-state index in [2.05, 4.69) is 22.1 Å². The van der Waals surface area contributed by atoms with Crippen LogP contribution in [0.25, 0.3) is 0 Å². The van der Waals surface area contributed by atoms with E-state index in [1.54, 1.807) is 6.26 Å². The van der Waals surface area contributed by atoms with Crippen LogP contribution in [0.5, 0.6) is 0 Å². The molecule has 6 heteroatoms. The fourth-order valence-electron chi connectivity index (χ4n) is 3.07. The lowest BCUT2D eigenvalue weighted by atomic mass is 9.97. The van der Waals surface area contributed by atoms with Crippen LogP contribution in [0.3, 0.4) is 0 Å². The largest absolute Gasteiger partial charge is 0.468 e. The third kappa shape index (κ3) is 3.94. The molecular formula is C18H23N3O3. The molecule has 0 aromatic carbocycles. The SMILES string of the molecule is CC1CCN(C(CNC(=O)c2ccc(=O)[nH]c2)c2ccco2)CC1. The molecule has 2 aromatic rings. The highest BCUT2D eigenvalue weighted by Gasteiger charge is 2.26. The Morgan fingerprint density at radius 2 is 2.17 bits per heavy atom. The van der Waals surface area contributed by atoms with Crippen LogP contribution in [0.2, 0.25) is 0 Å². The number of amides is 1. The van der Waals surface area contributed by atoms with E-state index in [0.29, 0.717) is 12.1 Å². The highest BCUT2D eigenvalue weighted by atomic mass is 16.3. The van der Waals surface area contributed by atoms with Crippen molar-refractivity contribution in [1.82, 2.24) is 15.2 Å². The van der Waals surface area contributed by atoms with Gasteiger partial charge in [0.2, 0.25) is 5.56 Å². The molecule has 0 radical (unpaired) electrons. The van der Waals surface area contributed by atoms with Crippen molar-refractivity contribution in [1.29, 1.82) is 0 Å². The van der Waals surface area contributed by atoms with Gasteiger partial charge in [0, 0.05) is 18.8 Å². The molecule has 128 valence electrons. The van der Waals surface area contributed by atoms with Crippen LogP contribution in [0.4, 0.5) is 0 Å². The monoisotopic (exact) mass is 329 g/mol. The van der Waals surface area contributed by atoms with Crippen molar-refractivity contribution in [3.63, 3.8) is 0 Å². The van der Waals surface area contributed by atoms with Gasteiger partial charge in [0.1, 0.15) is 5.76 Å². The molecule has 1 unspecified atom stereocenters. The molecule has 3 rings (SSSR count). The molecule has 0 bridgehead atoms. The summed E-state index contributed by atoms with van der Waals surface area (Å²) in [5.74, 6) is 1.41. The van der Waals surface area contributed by atoms with Crippen molar-refractivity contribution >= 4 is 5.91 Å².